The van der Waals surface area contributed by atoms with E-state index in [0.717, 1.165) is 6.42 Å². The third-order valence-electron chi connectivity index (χ3n) is 2.18. The molecule has 0 fully saturated rings. The van der Waals surface area contributed by atoms with Crippen LogP contribution in [0.5, 0.6) is 0 Å². The summed E-state index contributed by atoms with van der Waals surface area (Å²) in [5.74, 6) is 1.18. The van der Waals surface area contributed by atoms with Gasteiger partial charge >= 0.3 is 8.56 Å². The lowest BCUT2D eigenvalue weighted by Gasteiger charge is -2.32. The number of hydrogen-bond donors (Lipinski definition) is 0. The van der Waals surface area contributed by atoms with Gasteiger partial charge in [-0.1, -0.05) is 0 Å². The van der Waals surface area contributed by atoms with E-state index in [4.69, 9.17) is 8.54 Å². The molecule has 0 N–H and O–H groups in total. The molecular weight excluding hydrogens is 220 g/mol. The average Bonchev–Trinajstić information content (AvgIpc) is 1.99. The molecule has 0 saturated heterocycles. The first kappa shape index (κ1) is 13.0. The van der Waals surface area contributed by atoms with Gasteiger partial charge in [0.2, 0.25) is 0 Å². The summed E-state index contributed by atoms with van der Waals surface area (Å²) in [6.45, 7) is 11.0. The van der Waals surface area contributed by atoms with Crippen molar-refractivity contribution in [2.24, 2.45) is 0 Å². The maximum absolute atomic E-state index is 6.14. The minimum absolute atomic E-state index is 1.10. The van der Waals surface area contributed by atoms with Crippen LogP contribution >= 0.6 is 0 Å². The van der Waals surface area contributed by atoms with Gasteiger partial charge in [-0.2, -0.15) is 0 Å². The van der Waals surface area contributed by atoms with E-state index in [1.807, 2.05) is 0 Å². The largest absolute Gasteiger partial charge is 0.525 e. The van der Waals surface area contributed by atoms with Crippen LogP contribution in [0.1, 0.15) is 25.7 Å². The van der Waals surface area contributed by atoms with Crippen molar-refractivity contribution in [3.05, 3.63) is 11.8 Å². The standard InChI is InChI=1S/C11H24O2Si2/c1-14(2,3)13-15(4,5)12-11-9-7-6-8-10-11/h9H,6-8,10H2,1-5H3. The highest BCUT2D eigenvalue weighted by Gasteiger charge is 2.33. The summed E-state index contributed by atoms with van der Waals surface area (Å²) in [6, 6.07) is 0. The van der Waals surface area contributed by atoms with Gasteiger partial charge in [-0.05, 0) is 58.1 Å². The molecule has 2 nitrogen and oxygen atoms in total. The predicted molar refractivity (Wildman–Crippen MR) is 69.5 cm³/mol. The van der Waals surface area contributed by atoms with E-state index in [0.29, 0.717) is 0 Å². The van der Waals surface area contributed by atoms with E-state index in [1.165, 1.54) is 25.0 Å². The topological polar surface area (TPSA) is 18.5 Å². The molecule has 0 spiro atoms. The second kappa shape index (κ2) is 4.84. The van der Waals surface area contributed by atoms with E-state index in [9.17, 15) is 0 Å². The average molecular weight is 244 g/mol. The van der Waals surface area contributed by atoms with Crippen LogP contribution in [0.3, 0.4) is 0 Å². The van der Waals surface area contributed by atoms with Crippen LogP contribution < -0.4 is 0 Å². The zero-order valence-corrected chi connectivity index (χ0v) is 12.7. The Labute approximate surface area is 96.1 Å². The van der Waals surface area contributed by atoms with Crippen LogP contribution in [-0.4, -0.2) is 16.9 Å². The Morgan fingerprint density at radius 2 is 1.73 bits per heavy atom. The second-order valence-corrected chi connectivity index (χ2v) is 13.7. The minimum Gasteiger partial charge on any atom is -0.525 e. The Morgan fingerprint density at radius 3 is 2.20 bits per heavy atom. The van der Waals surface area contributed by atoms with Gasteiger partial charge in [-0.25, -0.2) is 0 Å². The summed E-state index contributed by atoms with van der Waals surface area (Å²) in [6.07, 6.45) is 7.09. The van der Waals surface area contributed by atoms with Crippen molar-refractivity contribution < 1.29 is 8.54 Å². The van der Waals surface area contributed by atoms with Crippen molar-refractivity contribution in [2.75, 3.05) is 0 Å². The molecule has 15 heavy (non-hydrogen) atoms. The zero-order chi connectivity index (χ0) is 11.5. The summed E-state index contributed by atoms with van der Waals surface area (Å²) >= 11 is 0. The van der Waals surface area contributed by atoms with Gasteiger partial charge in [-0.15, -0.1) is 0 Å². The van der Waals surface area contributed by atoms with Crippen molar-refractivity contribution in [1.82, 2.24) is 0 Å². The smallest absolute Gasteiger partial charge is 0.381 e. The highest BCUT2D eigenvalue weighted by molar-refractivity contribution is 6.81. The summed E-state index contributed by atoms with van der Waals surface area (Å²) in [5, 5.41) is 0. The van der Waals surface area contributed by atoms with Gasteiger partial charge < -0.3 is 8.54 Å². The molecule has 1 rings (SSSR count). The summed E-state index contributed by atoms with van der Waals surface area (Å²) in [4.78, 5) is 0. The lowest BCUT2D eigenvalue weighted by molar-refractivity contribution is 0.300. The number of hydrogen-bond acceptors (Lipinski definition) is 2. The van der Waals surface area contributed by atoms with Gasteiger partial charge in [0, 0.05) is 6.42 Å². The third kappa shape index (κ3) is 5.54. The van der Waals surface area contributed by atoms with E-state index >= 15 is 0 Å². The van der Waals surface area contributed by atoms with Gasteiger partial charge in [0.25, 0.3) is 0 Å². The number of rotatable bonds is 4. The first-order valence-electron chi connectivity index (χ1n) is 5.87. The Hall–Kier alpha value is -0.0662. The van der Waals surface area contributed by atoms with E-state index in [-0.39, 0.29) is 0 Å². The highest BCUT2D eigenvalue weighted by atomic mass is 28.4. The molecule has 0 atom stereocenters. The molecule has 0 heterocycles. The normalized spacial score (nSPS) is 18.6. The van der Waals surface area contributed by atoms with Crippen LogP contribution in [-0.2, 0) is 8.54 Å². The van der Waals surface area contributed by atoms with Crippen LogP contribution in [0.15, 0.2) is 11.8 Å². The monoisotopic (exact) mass is 244 g/mol. The van der Waals surface area contributed by atoms with Crippen molar-refractivity contribution >= 4 is 16.9 Å². The van der Waals surface area contributed by atoms with Crippen molar-refractivity contribution in [3.63, 3.8) is 0 Å². The summed E-state index contributed by atoms with van der Waals surface area (Å²) in [7, 11) is -3.40. The molecule has 0 radical (unpaired) electrons. The predicted octanol–water partition coefficient (Wildman–Crippen LogP) is 4.01. The fraction of sp³-hybridized carbons (Fsp3) is 0.818. The lowest BCUT2D eigenvalue weighted by atomic mass is 10.1. The number of allylic oxidation sites excluding steroid dienone is 2. The molecule has 0 bridgehead atoms. The summed E-state index contributed by atoms with van der Waals surface area (Å²) < 4.78 is 12.2. The SMILES string of the molecule is C[Si](C)(C)O[Si](C)(C)OC1=CCCCC1. The van der Waals surface area contributed by atoms with Gasteiger partial charge in [-0.3, -0.25) is 0 Å². The molecule has 1 aliphatic carbocycles. The van der Waals surface area contributed by atoms with E-state index in [1.54, 1.807) is 0 Å². The fourth-order valence-electron chi connectivity index (χ4n) is 1.98. The Balaban J connectivity index is 2.51. The van der Waals surface area contributed by atoms with Crippen LogP contribution in [0, 0.1) is 0 Å². The molecular formula is C11H24O2Si2. The van der Waals surface area contributed by atoms with Crippen molar-refractivity contribution in [3.8, 4) is 0 Å². The molecule has 0 aromatic heterocycles. The summed E-state index contributed by atoms with van der Waals surface area (Å²) in [5.41, 5.74) is 0. The molecule has 88 valence electrons. The Kier molecular flexibility index (Phi) is 4.20. The first-order valence-corrected chi connectivity index (χ1v) is 12.1. The highest BCUT2D eigenvalue weighted by Crippen LogP contribution is 2.24. The molecule has 1 aliphatic rings. The van der Waals surface area contributed by atoms with Crippen molar-refractivity contribution in [2.45, 2.75) is 58.4 Å². The Bertz CT molecular complexity index is 241. The van der Waals surface area contributed by atoms with Gasteiger partial charge in [0.1, 0.15) is 0 Å². The van der Waals surface area contributed by atoms with Crippen LogP contribution in [0.25, 0.3) is 0 Å². The quantitative estimate of drug-likeness (QED) is 0.696. The molecule has 4 heteroatoms. The molecule has 0 aromatic rings. The second-order valence-electron chi connectivity index (χ2n) is 5.63. The molecule has 0 saturated carbocycles. The van der Waals surface area contributed by atoms with Gasteiger partial charge in [0.15, 0.2) is 8.32 Å². The lowest BCUT2D eigenvalue weighted by Crippen LogP contribution is -2.44. The maximum atomic E-state index is 6.14. The minimum atomic E-state index is -1.93. The van der Waals surface area contributed by atoms with E-state index in [2.05, 4.69) is 38.8 Å². The van der Waals surface area contributed by atoms with Crippen LogP contribution in [0.2, 0.25) is 32.7 Å². The molecule has 0 aromatic carbocycles. The zero-order valence-electron chi connectivity index (χ0n) is 10.7. The Morgan fingerprint density at radius 1 is 1.07 bits per heavy atom. The molecule has 0 unspecified atom stereocenters. The maximum Gasteiger partial charge on any atom is 0.381 e. The van der Waals surface area contributed by atoms with Crippen molar-refractivity contribution in [1.29, 1.82) is 0 Å². The third-order valence-corrected chi connectivity index (χ3v) is 7.35. The van der Waals surface area contributed by atoms with Crippen LogP contribution in [0.4, 0.5) is 0 Å². The molecule has 0 aliphatic heterocycles. The van der Waals surface area contributed by atoms with E-state index < -0.39 is 16.9 Å². The first-order chi connectivity index (χ1) is 6.79. The van der Waals surface area contributed by atoms with Gasteiger partial charge in [0.05, 0.1) is 5.76 Å². The molecule has 0 amide bonds. The fourth-order valence-corrected chi connectivity index (χ4v) is 8.86.